The van der Waals surface area contributed by atoms with Crippen molar-refractivity contribution in [1.29, 1.82) is 0 Å². The van der Waals surface area contributed by atoms with Gasteiger partial charge in [-0.1, -0.05) is 24.0 Å². The molecule has 9 nitrogen and oxygen atoms in total. The van der Waals surface area contributed by atoms with Gasteiger partial charge in [0.05, 0.1) is 24.1 Å². The third kappa shape index (κ3) is 6.83. The Bertz CT molecular complexity index is 1920. The van der Waals surface area contributed by atoms with Crippen LogP contribution in [-0.4, -0.2) is 67.1 Å². The molecule has 14 heteroatoms. The van der Waals surface area contributed by atoms with E-state index in [1.165, 1.54) is 18.6 Å². The zero-order chi connectivity index (χ0) is 34.3. The van der Waals surface area contributed by atoms with Crippen molar-refractivity contribution in [3.63, 3.8) is 0 Å². The molecule has 0 radical (unpaired) electrons. The predicted octanol–water partition coefficient (Wildman–Crippen LogP) is 5.19. The SMILES string of the molecule is O=C(Nc1nccs1)C(c1ncn2c1C[C@@H](F)C2)N1Cc2c(cc(C#Cc3ccc(CN4CCC(CO)CC4)cc3)cc2C(F)(F)F)C1=O. The number of carbonyl (C=O) groups excluding carboxylic acids is 2. The van der Waals surface area contributed by atoms with Gasteiger partial charge in [0.1, 0.15) is 6.17 Å². The zero-order valence-corrected chi connectivity index (χ0v) is 27.0. The van der Waals surface area contributed by atoms with Gasteiger partial charge in [-0.15, -0.1) is 11.3 Å². The molecule has 254 valence electrons. The molecule has 2 atom stereocenters. The lowest BCUT2D eigenvalue weighted by atomic mass is 9.97. The summed E-state index contributed by atoms with van der Waals surface area (Å²) in [5.74, 6) is 4.57. The monoisotopic (exact) mass is 692 g/mol. The first-order valence-corrected chi connectivity index (χ1v) is 16.8. The number of halogens is 4. The topological polar surface area (TPSA) is 104 Å². The van der Waals surface area contributed by atoms with Crippen LogP contribution >= 0.6 is 11.3 Å². The van der Waals surface area contributed by atoms with Crippen LogP contribution in [0.3, 0.4) is 0 Å². The molecular formula is C35H32F4N6O3S. The van der Waals surface area contributed by atoms with E-state index in [1.807, 2.05) is 24.3 Å². The number of aliphatic hydroxyl groups excluding tert-OH is 1. The molecular weight excluding hydrogens is 660 g/mol. The van der Waals surface area contributed by atoms with E-state index in [-0.39, 0.29) is 47.1 Å². The Morgan fingerprint density at radius 3 is 2.55 bits per heavy atom. The molecule has 7 rings (SSSR count). The summed E-state index contributed by atoms with van der Waals surface area (Å²) >= 11 is 1.14. The fraction of sp³-hybridized carbons (Fsp3) is 0.371. The molecule has 2 aromatic carbocycles. The maximum Gasteiger partial charge on any atom is 0.416 e. The molecule has 1 fully saturated rings. The van der Waals surface area contributed by atoms with E-state index in [1.54, 1.807) is 9.95 Å². The third-order valence-corrected chi connectivity index (χ3v) is 10.0. The zero-order valence-electron chi connectivity index (χ0n) is 26.2. The van der Waals surface area contributed by atoms with E-state index in [9.17, 15) is 32.3 Å². The molecule has 2 amide bonds. The molecule has 1 saturated heterocycles. The molecule has 0 aliphatic carbocycles. The number of carbonyl (C=O) groups is 2. The number of benzene rings is 2. The Morgan fingerprint density at radius 2 is 1.86 bits per heavy atom. The fourth-order valence-corrected chi connectivity index (χ4v) is 7.31. The number of piperidine rings is 1. The molecule has 4 aromatic rings. The van der Waals surface area contributed by atoms with Crippen molar-refractivity contribution in [3.05, 3.63) is 99.1 Å². The van der Waals surface area contributed by atoms with E-state index in [0.29, 0.717) is 17.2 Å². The minimum atomic E-state index is -4.80. The number of rotatable bonds is 7. The first-order chi connectivity index (χ1) is 23.6. The van der Waals surface area contributed by atoms with Crippen LogP contribution in [0.5, 0.6) is 0 Å². The number of nitrogens with one attached hydrogen (secondary N) is 1. The maximum atomic E-state index is 14.5. The molecule has 1 unspecified atom stereocenters. The standard InChI is InChI=1S/C35H32F4N6O3S/c36-25-15-29-30(41-20-44(29)17-25)31(32(47)42-34-40-9-12-49-34)45-18-27-26(33(45)48)13-24(14-28(27)35(37,38)39)6-3-21-1-4-22(5-2-21)16-43-10-7-23(19-46)8-11-43/h1-2,4-5,9,12-14,20,23,25,31,46H,7-8,10-11,15-19H2,(H,40,42,47)/t25-,31?/m1/s1. The number of alkyl halides is 4. The van der Waals surface area contributed by atoms with E-state index in [2.05, 4.69) is 32.0 Å². The molecule has 0 bridgehead atoms. The Kier molecular flexibility index (Phi) is 8.99. The number of amides is 2. The van der Waals surface area contributed by atoms with Crippen LogP contribution in [0, 0.1) is 17.8 Å². The van der Waals surface area contributed by atoms with Crippen molar-refractivity contribution in [3.8, 4) is 11.8 Å². The van der Waals surface area contributed by atoms with Crippen molar-refractivity contribution >= 4 is 28.3 Å². The molecule has 3 aliphatic heterocycles. The summed E-state index contributed by atoms with van der Waals surface area (Å²) in [6, 6.07) is 8.31. The van der Waals surface area contributed by atoms with Gasteiger partial charge in [-0.25, -0.2) is 14.4 Å². The van der Waals surface area contributed by atoms with Crippen LogP contribution in [0.25, 0.3) is 0 Å². The average Bonchev–Trinajstić information content (AvgIpc) is 3.87. The first kappa shape index (κ1) is 32.9. The normalized spacial score (nSPS) is 18.6. The Balaban J connectivity index is 1.16. The van der Waals surface area contributed by atoms with Crippen molar-refractivity contribution in [2.24, 2.45) is 5.92 Å². The number of aliphatic hydroxyl groups is 1. The lowest BCUT2D eigenvalue weighted by Gasteiger charge is -2.31. The second-order valence-corrected chi connectivity index (χ2v) is 13.5. The van der Waals surface area contributed by atoms with Gasteiger partial charge in [0.2, 0.25) is 0 Å². The van der Waals surface area contributed by atoms with Crippen LogP contribution < -0.4 is 5.32 Å². The van der Waals surface area contributed by atoms with E-state index >= 15 is 0 Å². The summed E-state index contributed by atoms with van der Waals surface area (Å²) in [7, 11) is 0. The smallest absolute Gasteiger partial charge is 0.396 e. The number of imidazole rings is 1. The van der Waals surface area contributed by atoms with Crippen molar-refractivity contribution in [2.45, 2.75) is 57.3 Å². The van der Waals surface area contributed by atoms with E-state index < -0.39 is 42.3 Å². The van der Waals surface area contributed by atoms with Gasteiger partial charge in [-0.2, -0.15) is 13.2 Å². The third-order valence-electron chi connectivity index (χ3n) is 9.32. The molecule has 5 heterocycles. The number of thiazole rings is 1. The lowest BCUT2D eigenvalue weighted by Crippen LogP contribution is -2.38. The van der Waals surface area contributed by atoms with Gasteiger partial charge in [-0.3, -0.25) is 19.8 Å². The quantitative estimate of drug-likeness (QED) is 0.204. The Hall–Kier alpha value is -4.58. The summed E-state index contributed by atoms with van der Waals surface area (Å²) in [6.07, 6.45) is -1.30. The van der Waals surface area contributed by atoms with Gasteiger partial charge >= 0.3 is 6.18 Å². The number of hydrogen-bond acceptors (Lipinski definition) is 7. The second kappa shape index (κ2) is 13.4. The number of likely N-dealkylation sites (tertiary alicyclic amines) is 1. The number of fused-ring (bicyclic) bond motifs is 2. The van der Waals surface area contributed by atoms with Crippen LogP contribution in [0.1, 0.15) is 68.4 Å². The maximum absolute atomic E-state index is 14.5. The van der Waals surface area contributed by atoms with Gasteiger partial charge in [0, 0.05) is 60.1 Å². The Morgan fingerprint density at radius 1 is 1.10 bits per heavy atom. The van der Waals surface area contributed by atoms with Gasteiger partial charge < -0.3 is 14.6 Å². The van der Waals surface area contributed by atoms with Gasteiger partial charge in [0.15, 0.2) is 11.2 Å². The van der Waals surface area contributed by atoms with Crippen LogP contribution in [0.2, 0.25) is 0 Å². The number of nitrogens with zero attached hydrogens (tertiary/aromatic N) is 5. The minimum absolute atomic E-state index is 0.00375. The molecule has 2 N–H and O–H groups in total. The van der Waals surface area contributed by atoms with Crippen molar-refractivity contribution < 1.29 is 32.3 Å². The summed E-state index contributed by atoms with van der Waals surface area (Å²) in [4.78, 5) is 39.4. The number of aromatic nitrogens is 3. The first-order valence-electron chi connectivity index (χ1n) is 15.9. The molecule has 49 heavy (non-hydrogen) atoms. The molecule has 0 spiro atoms. The van der Waals surface area contributed by atoms with Crippen LogP contribution in [0.4, 0.5) is 22.7 Å². The highest BCUT2D eigenvalue weighted by Crippen LogP contribution is 2.41. The highest BCUT2D eigenvalue weighted by Gasteiger charge is 2.45. The van der Waals surface area contributed by atoms with Crippen molar-refractivity contribution in [2.75, 3.05) is 25.0 Å². The molecule has 2 aromatic heterocycles. The lowest BCUT2D eigenvalue weighted by molar-refractivity contribution is -0.138. The summed E-state index contributed by atoms with van der Waals surface area (Å²) in [6.45, 7) is 2.30. The van der Waals surface area contributed by atoms with Gasteiger partial charge in [0.25, 0.3) is 11.8 Å². The minimum Gasteiger partial charge on any atom is -0.396 e. The number of anilines is 1. The molecule has 0 saturated carbocycles. The second-order valence-electron chi connectivity index (χ2n) is 12.6. The van der Waals surface area contributed by atoms with E-state index in [4.69, 9.17) is 0 Å². The fourth-order valence-electron chi connectivity index (χ4n) is 6.78. The summed E-state index contributed by atoms with van der Waals surface area (Å²) in [5, 5.41) is 13.9. The average molecular weight is 693 g/mol. The molecule has 3 aliphatic rings. The number of hydrogen-bond donors (Lipinski definition) is 2. The van der Waals surface area contributed by atoms with Crippen LogP contribution in [0.15, 0.2) is 54.3 Å². The Labute approximate surface area is 283 Å². The highest BCUT2D eigenvalue weighted by atomic mass is 32.1. The van der Waals surface area contributed by atoms with Crippen molar-refractivity contribution in [1.82, 2.24) is 24.3 Å². The largest absolute Gasteiger partial charge is 0.416 e. The summed E-state index contributed by atoms with van der Waals surface area (Å²) < 4.78 is 59.4. The summed E-state index contributed by atoms with van der Waals surface area (Å²) in [5.41, 5.74) is 0.732. The van der Waals surface area contributed by atoms with Gasteiger partial charge in [-0.05, 0) is 67.2 Å². The van der Waals surface area contributed by atoms with E-state index in [0.717, 1.165) is 60.3 Å². The van der Waals surface area contributed by atoms with Crippen LogP contribution in [-0.2, 0) is 37.0 Å². The highest BCUT2D eigenvalue weighted by molar-refractivity contribution is 7.13. The predicted molar refractivity (Wildman–Crippen MR) is 173 cm³/mol.